The number of aliphatic carboxylic acids is 1. The standard InChI is InChI=1S/C14H14N2O6/c1-2-3-6-10(14(19)20)15-12(17)8-5-4-7-9(16(21)22)11(8)13(15)18/h4-5,7,10H,2-3,6H2,1H3,(H,19,20)/p-1/t10-/m0/s1. The Morgan fingerprint density at radius 1 is 1.32 bits per heavy atom. The number of unbranched alkanes of at least 4 members (excludes halogenated alkanes) is 1. The highest BCUT2D eigenvalue weighted by molar-refractivity contribution is 6.24. The molecule has 0 spiro atoms. The van der Waals surface area contributed by atoms with Gasteiger partial charge < -0.3 is 9.90 Å². The maximum Gasteiger partial charge on any atom is 0.282 e. The van der Waals surface area contributed by atoms with Crippen molar-refractivity contribution in [1.82, 2.24) is 4.90 Å². The second-order valence-electron chi connectivity index (χ2n) is 4.91. The zero-order valence-corrected chi connectivity index (χ0v) is 11.8. The summed E-state index contributed by atoms with van der Waals surface area (Å²) in [5.74, 6) is -3.35. The van der Waals surface area contributed by atoms with Gasteiger partial charge in [-0.15, -0.1) is 0 Å². The molecule has 0 fully saturated rings. The van der Waals surface area contributed by atoms with Crippen LogP contribution in [0, 0.1) is 10.1 Å². The van der Waals surface area contributed by atoms with Gasteiger partial charge in [0.25, 0.3) is 17.5 Å². The molecule has 0 saturated carbocycles. The van der Waals surface area contributed by atoms with Gasteiger partial charge in [0, 0.05) is 6.07 Å². The van der Waals surface area contributed by atoms with Crippen LogP contribution in [-0.2, 0) is 4.79 Å². The van der Waals surface area contributed by atoms with Crippen LogP contribution in [0.4, 0.5) is 5.69 Å². The molecule has 2 rings (SSSR count). The van der Waals surface area contributed by atoms with E-state index in [1.54, 1.807) is 0 Å². The number of fused-ring (bicyclic) bond motifs is 1. The van der Waals surface area contributed by atoms with Crippen LogP contribution in [0.1, 0.15) is 46.9 Å². The topological polar surface area (TPSA) is 121 Å². The predicted octanol–water partition coefficient (Wildman–Crippen LogP) is 0.499. The van der Waals surface area contributed by atoms with Crippen LogP contribution in [0.25, 0.3) is 0 Å². The van der Waals surface area contributed by atoms with Gasteiger partial charge in [-0.25, -0.2) is 0 Å². The highest BCUT2D eigenvalue weighted by Gasteiger charge is 2.44. The van der Waals surface area contributed by atoms with Crippen molar-refractivity contribution in [3.63, 3.8) is 0 Å². The highest BCUT2D eigenvalue weighted by atomic mass is 16.6. The first kappa shape index (κ1) is 15.6. The van der Waals surface area contributed by atoms with Crippen LogP contribution in [0.3, 0.4) is 0 Å². The van der Waals surface area contributed by atoms with E-state index in [1.165, 1.54) is 12.1 Å². The third kappa shape index (κ3) is 2.43. The molecule has 8 heteroatoms. The minimum atomic E-state index is -1.55. The van der Waals surface area contributed by atoms with Crippen molar-refractivity contribution >= 4 is 23.5 Å². The fourth-order valence-corrected chi connectivity index (χ4v) is 2.47. The normalized spacial score (nSPS) is 14.9. The van der Waals surface area contributed by atoms with Crippen molar-refractivity contribution in [2.45, 2.75) is 32.2 Å². The summed E-state index contributed by atoms with van der Waals surface area (Å²) in [7, 11) is 0. The Morgan fingerprint density at radius 3 is 2.55 bits per heavy atom. The predicted molar refractivity (Wildman–Crippen MR) is 71.9 cm³/mol. The lowest BCUT2D eigenvalue weighted by Gasteiger charge is -2.26. The summed E-state index contributed by atoms with van der Waals surface area (Å²) in [6.07, 6.45) is 1.21. The minimum Gasteiger partial charge on any atom is -0.548 e. The van der Waals surface area contributed by atoms with Crippen LogP contribution >= 0.6 is 0 Å². The second kappa shape index (κ2) is 5.92. The lowest BCUT2D eigenvalue weighted by molar-refractivity contribution is -0.385. The number of nitro benzene ring substituents is 1. The SMILES string of the molecule is CCCC[C@@H](C(=O)[O-])N1C(=O)c2cccc([N+](=O)[O-])c2C1=O. The van der Waals surface area contributed by atoms with E-state index in [0.717, 1.165) is 6.07 Å². The smallest absolute Gasteiger partial charge is 0.282 e. The Hall–Kier alpha value is -2.77. The molecule has 0 saturated heterocycles. The lowest BCUT2D eigenvalue weighted by atomic mass is 10.1. The first-order valence-electron chi connectivity index (χ1n) is 6.76. The summed E-state index contributed by atoms with van der Waals surface area (Å²) in [4.78, 5) is 46.7. The van der Waals surface area contributed by atoms with Gasteiger partial charge in [0.2, 0.25) is 0 Å². The third-order valence-electron chi connectivity index (χ3n) is 3.54. The molecule has 1 aliphatic heterocycles. The third-order valence-corrected chi connectivity index (χ3v) is 3.54. The van der Waals surface area contributed by atoms with Gasteiger partial charge in [-0.1, -0.05) is 25.8 Å². The van der Waals surface area contributed by atoms with Crippen molar-refractivity contribution in [3.05, 3.63) is 39.4 Å². The number of carboxylic acid groups (broad SMARTS) is 1. The van der Waals surface area contributed by atoms with Crippen LogP contribution in [-0.4, -0.2) is 33.6 Å². The first-order valence-corrected chi connectivity index (χ1v) is 6.76. The van der Waals surface area contributed by atoms with Gasteiger partial charge in [-0.05, 0) is 12.5 Å². The molecule has 22 heavy (non-hydrogen) atoms. The summed E-state index contributed by atoms with van der Waals surface area (Å²) in [5, 5.41) is 22.3. The van der Waals surface area contributed by atoms with Crippen molar-refractivity contribution in [1.29, 1.82) is 0 Å². The van der Waals surface area contributed by atoms with E-state index < -0.39 is 34.4 Å². The van der Waals surface area contributed by atoms with E-state index in [-0.39, 0.29) is 17.5 Å². The second-order valence-corrected chi connectivity index (χ2v) is 4.91. The van der Waals surface area contributed by atoms with E-state index >= 15 is 0 Å². The van der Waals surface area contributed by atoms with Crippen molar-refractivity contribution < 1.29 is 24.4 Å². The number of amides is 2. The number of hydrogen-bond acceptors (Lipinski definition) is 6. The number of carbonyl (C=O) groups excluding carboxylic acids is 3. The Kier molecular flexibility index (Phi) is 4.20. The van der Waals surface area contributed by atoms with E-state index in [4.69, 9.17) is 0 Å². The summed E-state index contributed by atoms with van der Waals surface area (Å²) in [6.45, 7) is 1.83. The zero-order valence-electron chi connectivity index (χ0n) is 11.8. The molecule has 8 nitrogen and oxygen atoms in total. The van der Waals surface area contributed by atoms with Crippen LogP contribution in [0.15, 0.2) is 18.2 Å². The number of carbonyl (C=O) groups is 3. The summed E-state index contributed by atoms with van der Waals surface area (Å²) >= 11 is 0. The molecule has 1 aromatic rings. The first-order chi connectivity index (χ1) is 10.4. The monoisotopic (exact) mass is 305 g/mol. The molecule has 1 heterocycles. The van der Waals surface area contributed by atoms with Crippen LogP contribution in [0.2, 0.25) is 0 Å². The zero-order chi connectivity index (χ0) is 16.4. The average Bonchev–Trinajstić information content (AvgIpc) is 2.72. The average molecular weight is 305 g/mol. The van der Waals surface area contributed by atoms with Crippen molar-refractivity contribution in [2.24, 2.45) is 0 Å². The van der Waals surface area contributed by atoms with Gasteiger partial charge in [0.15, 0.2) is 0 Å². The number of imide groups is 1. The molecule has 0 aliphatic carbocycles. The fraction of sp³-hybridized carbons (Fsp3) is 0.357. The van der Waals surface area contributed by atoms with E-state index in [9.17, 15) is 29.6 Å². The summed E-state index contributed by atoms with van der Waals surface area (Å²) in [5.41, 5.74) is -1.02. The molecule has 0 aromatic heterocycles. The maximum absolute atomic E-state index is 12.4. The molecular weight excluding hydrogens is 292 g/mol. The van der Waals surface area contributed by atoms with Gasteiger partial charge in [-0.3, -0.25) is 24.6 Å². The molecule has 1 aliphatic rings. The Bertz CT molecular complexity index is 669. The van der Waals surface area contributed by atoms with Crippen molar-refractivity contribution in [3.8, 4) is 0 Å². The number of hydrogen-bond donors (Lipinski definition) is 0. The summed E-state index contributed by atoms with van der Waals surface area (Å²) in [6, 6.07) is 2.24. The molecule has 0 bridgehead atoms. The van der Waals surface area contributed by atoms with Crippen LogP contribution in [0.5, 0.6) is 0 Å². The molecule has 0 N–H and O–H groups in total. The Morgan fingerprint density at radius 2 is 2.00 bits per heavy atom. The minimum absolute atomic E-state index is 0.0537. The number of benzene rings is 1. The molecule has 1 aromatic carbocycles. The van der Waals surface area contributed by atoms with Gasteiger partial charge in [0.1, 0.15) is 5.56 Å². The molecule has 116 valence electrons. The number of carboxylic acids is 1. The van der Waals surface area contributed by atoms with E-state index in [1.807, 2.05) is 6.92 Å². The van der Waals surface area contributed by atoms with Gasteiger partial charge >= 0.3 is 0 Å². The molecule has 0 unspecified atom stereocenters. The molecular formula is C14H13N2O6-. The largest absolute Gasteiger partial charge is 0.548 e. The maximum atomic E-state index is 12.4. The quantitative estimate of drug-likeness (QED) is 0.428. The number of rotatable bonds is 6. The molecule has 1 atom stereocenters. The van der Waals surface area contributed by atoms with Gasteiger partial charge in [0.05, 0.1) is 22.5 Å². The fourth-order valence-electron chi connectivity index (χ4n) is 2.47. The highest BCUT2D eigenvalue weighted by Crippen LogP contribution is 2.32. The summed E-state index contributed by atoms with van der Waals surface area (Å²) < 4.78 is 0. The van der Waals surface area contributed by atoms with Crippen LogP contribution < -0.4 is 5.11 Å². The number of nitrogens with zero attached hydrogens (tertiary/aromatic N) is 2. The lowest BCUT2D eigenvalue weighted by Crippen LogP contribution is -2.50. The van der Waals surface area contributed by atoms with E-state index in [0.29, 0.717) is 17.7 Å². The molecule has 0 radical (unpaired) electrons. The van der Waals surface area contributed by atoms with Gasteiger partial charge in [-0.2, -0.15) is 0 Å². The van der Waals surface area contributed by atoms with Crippen molar-refractivity contribution in [2.75, 3.05) is 0 Å². The molecule has 2 amide bonds. The Balaban J connectivity index is 2.48. The number of nitro groups is 1. The Labute approximate surface area is 125 Å². The van der Waals surface area contributed by atoms with E-state index in [2.05, 4.69) is 0 Å².